The van der Waals surface area contributed by atoms with Gasteiger partial charge in [-0.05, 0) is 12.8 Å². The quantitative estimate of drug-likeness (QED) is 0.710. The SMILES string of the molecule is COCCOCCCCNc1nnc(C(F)(F)F)s1. The molecule has 0 aliphatic rings. The van der Waals surface area contributed by atoms with E-state index >= 15 is 0 Å². The number of alkyl halides is 3. The Labute approximate surface area is 113 Å². The Morgan fingerprint density at radius 3 is 2.58 bits per heavy atom. The average Bonchev–Trinajstić information content (AvgIpc) is 2.81. The van der Waals surface area contributed by atoms with E-state index in [1.165, 1.54) is 0 Å². The molecule has 110 valence electrons. The van der Waals surface area contributed by atoms with Crippen LogP contribution in [-0.2, 0) is 15.7 Å². The third kappa shape index (κ3) is 6.69. The molecule has 0 bridgehead atoms. The van der Waals surface area contributed by atoms with Gasteiger partial charge in [0.1, 0.15) is 0 Å². The van der Waals surface area contributed by atoms with Crippen molar-refractivity contribution in [1.82, 2.24) is 10.2 Å². The summed E-state index contributed by atoms with van der Waals surface area (Å²) in [5, 5.41) is 8.57. The van der Waals surface area contributed by atoms with Crippen LogP contribution >= 0.6 is 11.3 Å². The maximum absolute atomic E-state index is 12.2. The van der Waals surface area contributed by atoms with E-state index in [4.69, 9.17) is 9.47 Å². The number of methoxy groups -OCH3 is 1. The van der Waals surface area contributed by atoms with Gasteiger partial charge in [0.25, 0.3) is 0 Å². The number of aromatic nitrogens is 2. The molecule has 1 aromatic heterocycles. The number of halogens is 3. The molecule has 5 nitrogen and oxygen atoms in total. The largest absolute Gasteiger partial charge is 0.445 e. The van der Waals surface area contributed by atoms with Crippen molar-refractivity contribution in [3.63, 3.8) is 0 Å². The summed E-state index contributed by atoms with van der Waals surface area (Å²) >= 11 is 0.509. The Hall–Kier alpha value is -0.930. The summed E-state index contributed by atoms with van der Waals surface area (Å²) in [7, 11) is 1.60. The summed E-state index contributed by atoms with van der Waals surface area (Å²) in [6, 6.07) is 0. The van der Waals surface area contributed by atoms with Crippen molar-refractivity contribution in [2.24, 2.45) is 0 Å². The Morgan fingerprint density at radius 2 is 1.95 bits per heavy atom. The summed E-state index contributed by atoms with van der Waals surface area (Å²) in [6.45, 7) is 2.26. The summed E-state index contributed by atoms with van der Waals surface area (Å²) < 4.78 is 46.8. The fourth-order valence-electron chi connectivity index (χ4n) is 1.18. The Bertz CT molecular complexity index is 360. The first kappa shape index (κ1) is 16.1. The van der Waals surface area contributed by atoms with Crippen LogP contribution in [0.25, 0.3) is 0 Å². The van der Waals surface area contributed by atoms with Gasteiger partial charge < -0.3 is 14.8 Å². The lowest BCUT2D eigenvalue weighted by Gasteiger charge is -2.04. The van der Waals surface area contributed by atoms with Gasteiger partial charge in [-0.1, -0.05) is 11.3 Å². The van der Waals surface area contributed by atoms with Crippen molar-refractivity contribution >= 4 is 16.5 Å². The van der Waals surface area contributed by atoms with Gasteiger partial charge in [-0.15, -0.1) is 10.2 Å². The van der Waals surface area contributed by atoms with Gasteiger partial charge in [0.05, 0.1) is 13.2 Å². The molecule has 9 heteroatoms. The zero-order valence-electron chi connectivity index (χ0n) is 10.5. The highest BCUT2D eigenvalue weighted by molar-refractivity contribution is 7.15. The molecule has 0 aliphatic heterocycles. The molecule has 0 aromatic carbocycles. The van der Waals surface area contributed by atoms with Crippen LogP contribution in [0, 0.1) is 0 Å². The lowest BCUT2D eigenvalue weighted by atomic mass is 10.3. The topological polar surface area (TPSA) is 56.3 Å². The van der Waals surface area contributed by atoms with E-state index in [2.05, 4.69) is 15.5 Å². The van der Waals surface area contributed by atoms with E-state index in [0.29, 0.717) is 37.7 Å². The molecular weight excluding hydrogens is 283 g/mol. The minimum atomic E-state index is -4.42. The molecule has 0 unspecified atom stereocenters. The highest BCUT2D eigenvalue weighted by atomic mass is 32.1. The van der Waals surface area contributed by atoms with Crippen LogP contribution in [0.3, 0.4) is 0 Å². The molecule has 1 N–H and O–H groups in total. The first-order valence-corrected chi connectivity index (χ1v) is 6.57. The lowest BCUT2D eigenvalue weighted by molar-refractivity contribution is -0.138. The normalized spacial score (nSPS) is 11.8. The summed E-state index contributed by atoms with van der Waals surface area (Å²) in [5.41, 5.74) is 0. The van der Waals surface area contributed by atoms with Crippen LogP contribution in [0.1, 0.15) is 17.8 Å². The first-order chi connectivity index (χ1) is 9.04. The second-order valence-corrected chi connectivity index (χ2v) is 4.63. The maximum atomic E-state index is 12.2. The van der Waals surface area contributed by atoms with Crippen LogP contribution in [0.2, 0.25) is 0 Å². The molecule has 1 rings (SSSR count). The van der Waals surface area contributed by atoms with E-state index < -0.39 is 11.2 Å². The van der Waals surface area contributed by atoms with Crippen molar-refractivity contribution in [1.29, 1.82) is 0 Å². The van der Waals surface area contributed by atoms with Crippen LogP contribution in [-0.4, -0.2) is 43.7 Å². The van der Waals surface area contributed by atoms with Gasteiger partial charge in [-0.25, -0.2) is 0 Å². The zero-order chi connectivity index (χ0) is 14.1. The summed E-state index contributed by atoms with van der Waals surface area (Å²) in [4.78, 5) is 0. The van der Waals surface area contributed by atoms with E-state index in [0.717, 1.165) is 12.8 Å². The van der Waals surface area contributed by atoms with E-state index in [1.54, 1.807) is 7.11 Å². The molecule has 0 saturated heterocycles. The third-order valence-electron chi connectivity index (χ3n) is 2.09. The average molecular weight is 299 g/mol. The molecule has 1 heterocycles. The van der Waals surface area contributed by atoms with Crippen LogP contribution in [0.15, 0.2) is 0 Å². The number of hydrogen-bond acceptors (Lipinski definition) is 6. The molecule has 0 saturated carbocycles. The van der Waals surface area contributed by atoms with Crippen LogP contribution in [0.5, 0.6) is 0 Å². The summed E-state index contributed by atoms with van der Waals surface area (Å²) in [5.74, 6) is 0. The summed E-state index contributed by atoms with van der Waals surface area (Å²) in [6.07, 6.45) is -2.82. The van der Waals surface area contributed by atoms with Gasteiger partial charge in [-0.2, -0.15) is 13.2 Å². The number of unbranched alkanes of at least 4 members (excludes halogenated alkanes) is 1. The van der Waals surface area contributed by atoms with Gasteiger partial charge in [0.2, 0.25) is 10.1 Å². The van der Waals surface area contributed by atoms with E-state index in [1.807, 2.05) is 0 Å². The van der Waals surface area contributed by atoms with Crippen LogP contribution in [0.4, 0.5) is 18.3 Å². The van der Waals surface area contributed by atoms with E-state index in [-0.39, 0.29) is 5.13 Å². The number of ether oxygens (including phenoxy) is 2. The smallest absolute Gasteiger partial charge is 0.382 e. The maximum Gasteiger partial charge on any atom is 0.445 e. The monoisotopic (exact) mass is 299 g/mol. The predicted octanol–water partition coefficient (Wildman–Crippen LogP) is 2.41. The Kier molecular flexibility index (Phi) is 7.03. The number of anilines is 1. The highest BCUT2D eigenvalue weighted by Crippen LogP contribution is 2.32. The van der Waals surface area contributed by atoms with E-state index in [9.17, 15) is 13.2 Å². The number of rotatable bonds is 9. The molecule has 0 fully saturated rings. The van der Waals surface area contributed by atoms with Gasteiger partial charge in [0.15, 0.2) is 0 Å². The van der Waals surface area contributed by atoms with Gasteiger partial charge in [0, 0.05) is 20.3 Å². The van der Waals surface area contributed by atoms with Crippen molar-refractivity contribution < 1.29 is 22.6 Å². The molecule has 19 heavy (non-hydrogen) atoms. The minimum absolute atomic E-state index is 0.188. The molecule has 0 amide bonds. The molecule has 0 radical (unpaired) electrons. The molecular formula is C10H16F3N3O2S. The van der Waals surface area contributed by atoms with Crippen LogP contribution < -0.4 is 5.32 Å². The van der Waals surface area contributed by atoms with Crippen molar-refractivity contribution in [3.05, 3.63) is 5.01 Å². The van der Waals surface area contributed by atoms with Crippen molar-refractivity contribution in [3.8, 4) is 0 Å². The predicted molar refractivity (Wildman–Crippen MR) is 65.3 cm³/mol. The molecule has 0 spiro atoms. The third-order valence-corrected chi connectivity index (χ3v) is 3.02. The fourth-order valence-corrected chi connectivity index (χ4v) is 1.81. The minimum Gasteiger partial charge on any atom is -0.382 e. The lowest BCUT2D eigenvalue weighted by Crippen LogP contribution is -2.06. The molecule has 1 aromatic rings. The number of hydrogen-bond donors (Lipinski definition) is 1. The zero-order valence-corrected chi connectivity index (χ0v) is 11.3. The molecule has 0 atom stereocenters. The second kappa shape index (κ2) is 8.28. The van der Waals surface area contributed by atoms with Crippen molar-refractivity contribution in [2.75, 3.05) is 38.8 Å². The second-order valence-electron chi connectivity index (χ2n) is 3.65. The highest BCUT2D eigenvalue weighted by Gasteiger charge is 2.35. The number of nitrogens with one attached hydrogen (secondary N) is 1. The Balaban J connectivity index is 2.08. The van der Waals surface area contributed by atoms with Gasteiger partial charge in [-0.3, -0.25) is 0 Å². The standard InChI is InChI=1S/C10H16F3N3O2S/c1-17-6-7-18-5-3-2-4-14-9-16-15-8(19-9)10(11,12)13/h2-7H2,1H3,(H,14,16). The fraction of sp³-hybridized carbons (Fsp3) is 0.800. The first-order valence-electron chi connectivity index (χ1n) is 5.75. The van der Waals surface area contributed by atoms with Gasteiger partial charge >= 0.3 is 6.18 Å². The van der Waals surface area contributed by atoms with Crippen molar-refractivity contribution in [2.45, 2.75) is 19.0 Å². The Morgan fingerprint density at radius 1 is 1.16 bits per heavy atom. The molecule has 0 aliphatic carbocycles. The number of nitrogens with zero attached hydrogens (tertiary/aromatic N) is 2.